The summed E-state index contributed by atoms with van der Waals surface area (Å²) in [5, 5.41) is 10.0. The molecule has 118 valence electrons. The highest BCUT2D eigenvalue weighted by atomic mass is 16.3. The molecule has 3 fully saturated rings. The average Bonchev–Trinajstić information content (AvgIpc) is 2.76. The van der Waals surface area contributed by atoms with Crippen LogP contribution < -0.4 is 0 Å². The molecule has 4 unspecified atom stereocenters. The Morgan fingerprint density at radius 2 is 1.81 bits per heavy atom. The summed E-state index contributed by atoms with van der Waals surface area (Å²) in [7, 11) is 0. The molecule has 0 aromatic heterocycles. The van der Waals surface area contributed by atoms with Crippen LogP contribution in [0.4, 0.5) is 0 Å². The minimum Gasteiger partial charge on any atom is -0.389 e. The van der Waals surface area contributed by atoms with Crippen molar-refractivity contribution in [2.75, 3.05) is 0 Å². The van der Waals surface area contributed by atoms with E-state index >= 15 is 0 Å². The number of aliphatic hydroxyl groups is 1. The minimum absolute atomic E-state index is 0.162. The van der Waals surface area contributed by atoms with Crippen molar-refractivity contribution in [3.63, 3.8) is 0 Å². The number of fused-ring (bicyclic) bond motifs is 5. The Kier molecular flexibility index (Phi) is 3.13. The zero-order chi connectivity index (χ0) is 14.8. The molecule has 7 atom stereocenters. The zero-order valence-corrected chi connectivity index (χ0v) is 14.1. The maximum Gasteiger partial charge on any atom is 0.0724 e. The first-order chi connectivity index (χ1) is 9.95. The molecule has 1 N–H and O–H groups in total. The van der Waals surface area contributed by atoms with Crippen LogP contribution in [0.1, 0.15) is 72.1 Å². The van der Waals surface area contributed by atoms with E-state index in [0.717, 1.165) is 30.1 Å². The maximum absolute atomic E-state index is 10.0. The van der Waals surface area contributed by atoms with E-state index in [-0.39, 0.29) is 6.10 Å². The zero-order valence-electron chi connectivity index (χ0n) is 14.1. The highest BCUT2D eigenvalue weighted by molar-refractivity contribution is 5.25. The molecule has 0 spiro atoms. The monoisotopic (exact) mass is 288 g/mol. The van der Waals surface area contributed by atoms with E-state index in [1.54, 1.807) is 5.57 Å². The summed E-state index contributed by atoms with van der Waals surface area (Å²) in [6.45, 7) is 7.64. The molecule has 21 heavy (non-hydrogen) atoms. The van der Waals surface area contributed by atoms with Crippen molar-refractivity contribution in [3.8, 4) is 0 Å². The van der Waals surface area contributed by atoms with Gasteiger partial charge in [-0.2, -0.15) is 0 Å². The summed E-state index contributed by atoms with van der Waals surface area (Å²) in [6.07, 6.45) is 12.8. The normalized spacial score (nSPS) is 56.2. The quantitative estimate of drug-likeness (QED) is 0.626. The highest BCUT2D eigenvalue weighted by Gasteiger charge is 2.57. The van der Waals surface area contributed by atoms with Gasteiger partial charge in [-0.3, -0.25) is 0 Å². The van der Waals surface area contributed by atoms with Crippen molar-refractivity contribution < 1.29 is 5.11 Å². The van der Waals surface area contributed by atoms with Gasteiger partial charge in [-0.25, -0.2) is 0 Å². The van der Waals surface area contributed by atoms with Crippen LogP contribution >= 0.6 is 0 Å². The van der Waals surface area contributed by atoms with Crippen LogP contribution in [0, 0.1) is 34.5 Å². The van der Waals surface area contributed by atoms with E-state index < -0.39 is 0 Å². The smallest absolute Gasteiger partial charge is 0.0724 e. The molecule has 0 aromatic carbocycles. The SMILES string of the molecule is CC1CCC2C3CCC4=C[C@H](O)CC[C@]4(C)C3CC[C@]12C. The van der Waals surface area contributed by atoms with Gasteiger partial charge in [0.1, 0.15) is 0 Å². The summed E-state index contributed by atoms with van der Waals surface area (Å²) in [5.41, 5.74) is 2.65. The van der Waals surface area contributed by atoms with Crippen LogP contribution in [0.3, 0.4) is 0 Å². The Balaban J connectivity index is 1.67. The molecule has 0 radical (unpaired) electrons. The first-order valence-corrected chi connectivity index (χ1v) is 9.34. The summed E-state index contributed by atoms with van der Waals surface area (Å²) < 4.78 is 0. The van der Waals surface area contributed by atoms with E-state index in [4.69, 9.17) is 0 Å². The maximum atomic E-state index is 10.0. The molecule has 0 heterocycles. The minimum atomic E-state index is -0.162. The van der Waals surface area contributed by atoms with Gasteiger partial charge >= 0.3 is 0 Å². The summed E-state index contributed by atoms with van der Waals surface area (Å²) in [4.78, 5) is 0. The Labute approximate surface area is 130 Å². The van der Waals surface area contributed by atoms with E-state index in [1.165, 1.54) is 44.9 Å². The molecular weight excluding hydrogens is 256 g/mol. The molecule has 4 aliphatic rings. The van der Waals surface area contributed by atoms with Crippen LogP contribution in [0.2, 0.25) is 0 Å². The molecule has 0 amide bonds. The standard InChI is InChI=1S/C20H32O/c1-13-4-7-17-16-6-5-14-12-15(21)8-10-20(14,3)18(16)9-11-19(13,17)2/h12-13,15-18,21H,4-11H2,1-3H3/t13?,15-,16?,17?,18?,19-,20+/m1/s1. The van der Waals surface area contributed by atoms with E-state index in [9.17, 15) is 5.11 Å². The van der Waals surface area contributed by atoms with Crippen LogP contribution in [-0.4, -0.2) is 11.2 Å². The number of aliphatic hydroxyl groups excluding tert-OH is 1. The van der Waals surface area contributed by atoms with Gasteiger partial charge < -0.3 is 5.11 Å². The number of hydrogen-bond donors (Lipinski definition) is 1. The Bertz CT molecular complexity index is 466. The fourth-order valence-electron chi connectivity index (χ4n) is 6.97. The van der Waals surface area contributed by atoms with Gasteiger partial charge in [-0.1, -0.05) is 32.4 Å². The lowest BCUT2D eigenvalue weighted by Crippen LogP contribution is -2.50. The van der Waals surface area contributed by atoms with Gasteiger partial charge in [0.05, 0.1) is 6.10 Å². The molecule has 3 saturated carbocycles. The first kappa shape index (κ1) is 14.3. The van der Waals surface area contributed by atoms with Crippen molar-refractivity contribution in [2.24, 2.45) is 34.5 Å². The van der Waals surface area contributed by atoms with Gasteiger partial charge in [-0.15, -0.1) is 0 Å². The topological polar surface area (TPSA) is 20.2 Å². The summed E-state index contributed by atoms with van der Waals surface area (Å²) in [5.74, 6) is 3.78. The van der Waals surface area contributed by atoms with Crippen molar-refractivity contribution in [1.29, 1.82) is 0 Å². The van der Waals surface area contributed by atoms with Gasteiger partial charge in [0.25, 0.3) is 0 Å². The number of hydrogen-bond acceptors (Lipinski definition) is 1. The van der Waals surface area contributed by atoms with Crippen LogP contribution in [0.25, 0.3) is 0 Å². The molecule has 1 nitrogen and oxygen atoms in total. The first-order valence-electron chi connectivity index (χ1n) is 9.34. The number of rotatable bonds is 0. The van der Waals surface area contributed by atoms with Gasteiger partial charge in [0.2, 0.25) is 0 Å². The van der Waals surface area contributed by atoms with Gasteiger partial charge in [0.15, 0.2) is 0 Å². The van der Waals surface area contributed by atoms with Crippen LogP contribution in [0.5, 0.6) is 0 Å². The van der Waals surface area contributed by atoms with Crippen molar-refractivity contribution in [2.45, 2.75) is 78.2 Å². The van der Waals surface area contributed by atoms with Crippen molar-refractivity contribution in [1.82, 2.24) is 0 Å². The highest BCUT2D eigenvalue weighted by Crippen LogP contribution is 2.66. The summed E-state index contributed by atoms with van der Waals surface area (Å²) in [6, 6.07) is 0. The second-order valence-corrected chi connectivity index (χ2v) is 9.15. The second-order valence-electron chi connectivity index (χ2n) is 9.15. The van der Waals surface area contributed by atoms with E-state index in [1.807, 2.05) is 0 Å². The lowest BCUT2D eigenvalue weighted by atomic mass is 9.47. The number of allylic oxidation sites excluding steroid dienone is 1. The third-order valence-corrected chi connectivity index (χ3v) is 8.56. The lowest BCUT2D eigenvalue weighted by molar-refractivity contribution is -0.0528. The molecule has 0 aromatic rings. The molecule has 0 saturated heterocycles. The average molecular weight is 288 g/mol. The molecule has 0 bridgehead atoms. The third-order valence-electron chi connectivity index (χ3n) is 8.56. The molecule has 1 heteroatoms. The van der Waals surface area contributed by atoms with Gasteiger partial charge in [0, 0.05) is 0 Å². The van der Waals surface area contributed by atoms with Crippen LogP contribution in [0.15, 0.2) is 11.6 Å². The van der Waals surface area contributed by atoms with Gasteiger partial charge in [-0.05, 0) is 85.9 Å². The predicted molar refractivity (Wildman–Crippen MR) is 86.9 cm³/mol. The Morgan fingerprint density at radius 1 is 1.00 bits per heavy atom. The Morgan fingerprint density at radius 3 is 2.62 bits per heavy atom. The van der Waals surface area contributed by atoms with E-state index in [0.29, 0.717) is 10.8 Å². The van der Waals surface area contributed by atoms with Crippen molar-refractivity contribution in [3.05, 3.63) is 11.6 Å². The Hall–Kier alpha value is -0.300. The molecule has 4 aliphatic carbocycles. The van der Waals surface area contributed by atoms with E-state index in [2.05, 4.69) is 26.8 Å². The fourth-order valence-corrected chi connectivity index (χ4v) is 6.97. The predicted octanol–water partition coefficient (Wildman–Crippen LogP) is 4.95. The summed E-state index contributed by atoms with van der Waals surface area (Å²) >= 11 is 0. The molecule has 0 aliphatic heterocycles. The third kappa shape index (κ3) is 1.85. The fraction of sp³-hybridized carbons (Fsp3) is 0.900. The largest absolute Gasteiger partial charge is 0.389 e. The van der Waals surface area contributed by atoms with Crippen molar-refractivity contribution >= 4 is 0 Å². The van der Waals surface area contributed by atoms with Crippen LogP contribution in [-0.2, 0) is 0 Å². The molecular formula is C20H32O. The lowest BCUT2D eigenvalue weighted by Gasteiger charge is -2.58. The molecule has 4 rings (SSSR count). The second kappa shape index (κ2) is 4.60.